The molecule has 0 saturated heterocycles. The standard InChI is InChI=1S/C26H24F3N3O3/c1-34-20-9-6-16(7-10-20)17-8-11-24(35-26(27,28)29)22(13-17)25(33)32-19(14-30)12-18-15-31-23-5-3-2-4-21(18)23/h2-11,13,15,19,31H,12,14,30H2,1H3,(H,32,33). The predicted molar refractivity (Wildman–Crippen MR) is 127 cm³/mol. The van der Waals surface area contributed by atoms with Gasteiger partial charge in [-0.3, -0.25) is 4.79 Å². The smallest absolute Gasteiger partial charge is 0.497 e. The van der Waals surface area contributed by atoms with E-state index in [1.54, 1.807) is 24.3 Å². The number of hydrogen-bond donors (Lipinski definition) is 3. The molecule has 3 aromatic carbocycles. The molecule has 0 radical (unpaired) electrons. The van der Waals surface area contributed by atoms with E-state index in [0.717, 1.165) is 22.5 Å². The lowest BCUT2D eigenvalue weighted by Gasteiger charge is -2.19. The number of nitrogens with one attached hydrogen (secondary N) is 2. The fourth-order valence-corrected chi connectivity index (χ4v) is 3.91. The van der Waals surface area contributed by atoms with Crippen molar-refractivity contribution in [2.45, 2.75) is 18.8 Å². The summed E-state index contributed by atoms with van der Waals surface area (Å²) in [6, 6.07) is 18.1. The van der Waals surface area contributed by atoms with Gasteiger partial charge in [-0.05, 0) is 53.4 Å². The van der Waals surface area contributed by atoms with E-state index in [-0.39, 0.29) is 12.1 Å². The molecule has 1 unspecified atom stereocenters. The van der Waals surface area contributed by atoms with Gasteiger partial charge < -0.3 is 25.5 Å². The molecule has 0 aliphatic carbocycles. The molecule has 4 N–H and O–H groups in total. The normalized spacial score (nSPS) is 12.4. The van der Waals surface area contributed by atoms with Crippen molar-refractivity contribution >= 4 is 16.8 Å². The molecule has 6 nitrogen and oxygen atoms in total. The first-order chi connectivity index (χ1) is 16.8. The number of rotatable bonds is 8. The van der Waals surface area contributed by atoms with Crippen LogP contribution in [0.3, 0.4) is 0 Å². The van der Waals surface area contributed by atoms with Crippen molar-refractivity contribution in [1.29, 1.82) is 0 Å². The van der Waals surface area contributed by atoms with Gasteiger partial charge in [0.05, 0.1) is 12.7 Å². The Balaban J connectivity index is 1.62. The van der Waals surface area contributed by atoms with E-state index in [1.165, 1.54) is 19.2 Å². The van der Waals surface area contributed by atoms with Crippen molar-refractivity contribution in [3.05, 3.63) is 84.1 Å². The minimum absolute atomic E-state index is 0.0961. The van der Waals surface area contributed by atoms with Crippen LogP contribution in [-0.2, 0) is 6.42 Å². The number of aromatic amines is 1. The number of halogens is 3. The first-order valence-electron chi connectivity index (χ1n) is 10.9. The Labute approximate surface area is 199 Å². The van der Waals surface area contributed by atoms with Crippen LogP contribution in [0, 0.1) is 0 Å². The number of carbonyl (C=O) groups is 1. The van der Waals surface area contributed by atoms with E-state index < -0.39 is 24.1 Å². The largest absolute Gasteiger partial charge is 0.573 e. The minimum atomic E-state index is -4.95. The molecule has 1 atom stereocenters. The van der Waals surface area contributed by atoms with Gasteiger partial charge in [0.2, 0.25) is 0 Å². The van der Waals surface area contributed by atoms with Gasteiger partial charge in [0.1, 0.15) is 11.5 Å². The fraction of sp³-hybridized carbons (Fsp3) is 0.192. The number of fused-ring (bicyclic) bond motifs is 1. The Morgan fingerprint density at radius 1 is 1.06 bits per heavy atom. The number of hydrogen-bond acceptors (Lipinski definition) is 4. The van der Waals surface area contributed by atoms with Crippen LogP contribution in [0.25, 0.3) is 22.0 Å². The Morgan fingerprint density at radius 3 is 2.46 bits per heavy atom. The number of nitrogens with two attached hydrogens (primary N) is 1. The summed E-state index contributed by atoms with van der Waals surface area (Å²) in [6.45, 7) is 0.0961. The summed E-state index contributed by atoms with van der Waals surface area (Å²) in [5, 5.41) is 3.75. The molecule has 0 fully saturated rings. The molecule has 0 spiro atoms. The molecular weight excluding hydrogens is 459 g/mol. The van der Waals surface area contributed by atoms with Gasteiger partial charge in [0.25, 0.3) is 5.91 Å². The summed E-state index contributed by atoms with van der Waals surface area (Å²) >= 11 is 0. The molecule has 182 valence electrons. The first-order valence-corrected chi connectivity index (χ1v) is 10.9. The zero-order chi connectivity index (χ0) is 25.0. The molecule has 1 amide bonds. The third-order valence-corrected chi connectivity index (χ3v) is 5.63. The number of carbonyl (C=O) groups excluding carboxylic acids is 1. The Kier molecular flexibility index (Phi) is 6.97. The number of H-pyrrole nitrogens is 1. The Hall–Kier alpha value is -3.98. The van der Waals surface area contributed by atoms with Crippen molar-refractivity contribution < 1.29 is 27.4 Å². The van der Waals surface area contributed by atoms with Crippen molar-refractivity contribution in [2.24, 2.45) is 5.73 Å². The molecular formula is C26H24F3N3O3. The Morgan fingerprint density at radius 2 is 1.77 bits per heavy atom. The summed E-state index contributed by atoms with van der Waals surface area (Å²) < 4.78 is 48.4. The Bertz CT molecular complexity index is 1320. The predicted octanol–water partition coefficient (Wildman–Crippen LogP) is 5.04. The zero-order valence-corrected chi connectivity index (χ0v) is 18.9. The summed E-state index contributed by atoms with van der Waals surface area (Å²) in [4.78, 5) is 16.3. The molecule has 4 aromatic rings. The zero-order valence-electron chi connectivity index (χ0n) is 18.9. The molecule has 9 heteroatoms. The van der Waals surface area contributed by atoms with Crippen LogP contribution in [0.4, 0.5) is 13.2 Å². The summed E-state index contributed by atoms with van der Waals surface area (Å²) in [5.74, 6) is -0.670. The highest BCUT2D eigenvalue weighted by atomic mass is 19.4. The van der Waals surface area contributed by atoms with Crippen LogP contribution in [0.15, 0.2) is 72.9 Å². The second-order valence-corrected chi connectivity index (χ2v) is 7.96. The SMILES string of the molecule is COc1ccc(-c2ccc(OC(F)(F)F)c(C(=O)NC(CN)Cc3c[nH]c4ccccc34)c2)cc1. The molecule has 0 saturated carbocycles. The quantitative estimate of drug-likeness (QED) is 0.328. The van der Waals surface area contributed by atoms with Crippen molar-refractivity contribution in [1.82, 2.24) is 10.3 Å². The lowest BCUT2D eigenvalue weighted by atomic mass is 10.0. The number of para-hydroxylation sites is 1. The molecule has 35 heavy (non-hydrogen) atoms. The van der Waals surface area contributed by atoms with Crippen LogP contribution < -0.4 is 20.5 Å². The number of ether oxygens (including phenoxy) is 2. The van der Waals surface area contributed by atoms with E-state index in [9.17, 15) is 18.0 Å². The number of methoxy groups -OCH3 is 1. The maximum absolute atomic E-state index is 13.2. The molecule has 0 aliphatic rings. The highest BCUT2D eigenvalue weighted by Gasteiger charge is 2.33. The van der Waals surface area contributed by atoms with E-state index in [1.807, 2.05) is 30.5 Å². The van der Waals surface area contributed by atoms with Crippen molar-refractivity contribution in [3.8, 4) is 22.6 Å². The maximum Gasteiger partial charge on any atom is 0.573 e. The number of amides is 1. The fourth-order valence-electron chi connectivity index (χ4n) is 3.91. The lowest BCUT2D eigenvalue weighted by molar-refractivity contribution is -0.274. The second kappa shape index (κ2) is 10.1. The molecule has 0 bridgehead atoms. The van der Waals surface area contributed by atoms with Gasteiger partial charge in [-0.1, -0.05) is 36.4 Å². The topological polar surface area (TPSA) is 89.4 Å². The van der Waals surface area contributed by atoms with E-state index in [4.69, 9.17) is 10.5 Å². The average Bonchev–Trinajstić information content (AvgIpc) is 3.25. The van der Waals surface area contributed by atoms with E-state index >= 15 is 0 Å². The van der Waals surface area contributed by atoms with Crippen LogP contribution in [0.2, 0.25) is 0 Å². The van der Waals surface area contributed by atoms with Gasteiger partial charge in [-0.2, -0.15) is 0 Å². The summed E-state index contributed by atoms with van der Waals surface area (Å²) in [6.07, 6.45) is -2.71. The highest BCUT2D eigenvalue weighted by molar-refractivity contribution is 5.98. The molecule has 0 aliphatic heterocycles. The number of alkyl halides is 3. The third-order valence-electron chi connectivity index (χ3n) is 5.63. The van der Waals surface area contributed by atoms with Gasteiger partial charge >= 0.3 is 6.36 Å². The van der Waals surface area contributed by atoms with E-state index in [2.05, 4.69) is 15.0 Å². The second-order valence-electron chi connectivity index (χ2n) is 7.96. The summed E-state index contributed by atoms with van der Waals surface area (Å²) in [5.41, 5.74) is 8.79. The minimum Gasteiger partial charge on any atom is -0.497 e. The van der Waals surface area contributed by atoms with Gasteiger partial charge in [-0.25, -0.2) is 0 Å². The van der Waals surface area contributed by atoms with Crippen molar-refractivity contribution in [3.63, 3.8) is 0 Å². The lowest BCUT2D eigenvalue weighted by Crippen LogP contribution is -2.42. The monoisotopic (exact) mass is 483 g/mol. The third kappa shape index (κ3) is 5.75. The number of benzene rings is 3. The van der Waals surface area contributed by atoms with Crippen LogP contribution in [0.1, 0.15) is 15.9 Å². The van der Waals surface area contributed by atoms with Crippen molar-refractivity contribution in [2.75, 3.05) is 13.7 Å². The van der Waals surface area contributed by atoms with Crippen LogP contribution in [-0.4, -0.2) is 36.9 Å². The van der Waals surface area contributed by atoms with Crippen LogP contribution >= 0.6 is 0 Å². The van der Waals surface area contributed by atoms with Gasteiger partial charge in [-0.15, -0.1) is 13.2 Å². The molecule has 4 rings (SSSR count). The van der Waals surface area contributed by atoms with E-state index in [0.29, 0.717) is 23.3 Å². The number of aromatic nitrogens is 1. The average molecular weight is 483 g/mol. The van der Waals surface area contributed by atoms with Gasteiger partial charge in [0.15, 0.2) is 0 Å². The van der Waals surface area contributed by atoms with Gasteiger partial charge in [0, 0.05) is 29.7 Å². The maximum atomic E-state index is 13.2. The summed E-state index contributed by atoms with van der Waals surface area (Å²) in [7, 11) is 1.53. The highest BCUT2D eigenvalue weighted by Crippen LogP contribution is 2.31. The molecule has 1 heterocycles. The van der Waals surface area contributed by atoms with Crippen LogP contribution in [0.5, 0.6) is 11.5 Å². The molecule has 1 aromatic heterocycles. The first kappa shape index (κ1) is 24.2.